The van der Waals surface area contributed by atoms with Gasteiger partial charge < -0.3 is 5.11 Å². The third-order valence-corrected chi connectivity index (χ3v) is 6.18. The van der Waals surface area contributed by atoms with Crippen molar-refractivity contribution in [2.75, 3.05) is 4.72 Å². The van der Waals surface area contributed by atoms with Crippen LogP contribution in [0, 0.1) is 10.1 Å². The van der Waals surface area contributed by atoms with Crippen LogP contribution in [0.5, 0.6) is 5.75 Å². The second-order valence-corrected chi connectivity index (χ2v) is 8.41. The van der Waals surface area contributed by atoms with Gasteiger partial charge in [0.15, 0.2) is 0 Å². The SMILES string of the molecule is CCc1nnc(NS(=O)(=O)c2ccc(N=Cc3cccc([N+](=O)[O-])c3[O-])cc2)s1. The molecular weight excluding hydrogens is 418 g/mol. The van der Waals surface area contributed by atoms with Crippen LogP contribution in [0.15, 0.2) is 52.4 Å². The fourth-order valence-corrected chi connectivity index (χ4v) is 4.16. The Kier molecular flexibility index (Phi) is 5.84. The van der Waals surface area contributed by atoms with Crippen LogP contribution in [-0.4, -0.2) is 29.8 Å². The summed E-state index contributed by atoms with van der Waals surface area (Å²) < 4.78 is 27.2. The number of aryl methyl sites for hydroxylation is 1. The molecule has 12 heteroatoms. The van der Waals surface area contributed by atoms with Crippen LogP contribution in [0.2, 0.25) is 0 Å². The van der Waals surface area contributed by atoms with Crippen molar-refractivity contribution in [1.29, 1.82) is 0 Å². The van der Waals surface area contributed by atoms with Crippen LogP contribution in [-0.2, 0) is 16.4 Å². The van der Waals surface area contributed by atoms with E-state index in [-0.39, 0.29) is 15.6 Å². The molecule has 0 aliphatic heterocycles. The van der Waals surface area contributed by atoms with Gasteiger partial charge in [0.2, 0.25) is 5.13 Å². The molecule has 3 rings (SSSR count). The minimum atomic E-state index is -3.83. The first-order chi connectivity index (χ1) is 13.8. The molecule has 0 saturated carbocycles. The summed E-state index contributed by atoms with van der Waals surface area (Å²) in [6, 6.07) is 9.52. The number of nitro groups is 1. The predicted octanol–water partition coefficient (Wildman–Crippen LogP) is 2.63. The molecule has 0 bridgehead atoms. The highest BCUT2D eigenvalue weighted by atomic mass is 32.2. The summed E-state index contributed by atoms with van der Waals surface area (Å²) in [7, 11) is -3.83. The maximum atomic E-state index is 12.4. The molecule has 0 fully saturated rings. The Labute approximate surface area is 169 Å². The van der Waals surface area contributed by atoms with Crippen molar-refractivity contribution in [3.63, 3.8) is 0 Å². The quantitative estimate of drug-likeness (QED) is 0.342. The van der Waals surface area contributed by atoms with E-state index in [0.717, 1.165) is 17.4 Å². The van der Waals surface area contributed by atoms with Gasteiger partial charge in [-0.15, -0.1) is 10.2 Å². The Hall–Kier alpha value is -3.38. The van der Waals surface area contributed by atoms with Crippen molar-refractivity contribution in [2.45, 2.75) is 18.2 Å². The number of anilines is 1. The monoisotopic (exact) mass is 432 g/mol. The number of para-hydroxylation sites is 1. The van der Waals surface area contributed by atoms with Crippen molar-refractivity contribution >= 4 is 44.1 Å². The van der Waals surface area contributed by atoms with Gasteiger partial charge in [-0.1, -0.05) is 30.4 Å². The standard InChI is InChI=1S/C17H15N5O5S2/c1-2-15-19-20-17(28-15)21-29(26,27)13-8-6-12(7-9-13)18-10-11-4-3-5-14(16(11)23)22(24)25/h3-10,23H,2H2,1H3,(H,20,21)/p-1. The van der Waals surface area contributed by atoms with Crippen molar-refractivity contribution in [3.8, 4) is 5.75 Å². The first kappa shape index (κ1) is 20.4. The first-order valence-electron chi connectivity index (χ1n) is 8.24. The molecule has 0 aliphatic carbocycles. The summed E-state index contributed by atoms with van der Waals surface area (Å²) in [5, 5.41) is 31.3. The van der Waals surface area contributed by atoms with Crippen LogP contribution in [0.4, 0.5) is 16.5 Å². The number of aliphatic imine (C=N–C) groups is 1. The number of sulfonamides is 1. The summed E-state index contributed by atoms with van der Waals surface area (Å²) in [6.07, 6.45) is 1.85. The Morgan fingerprint density at radius 3 is 2.55 bits per heavy atom. The highest BCUT2D eigenvalue weighted by Gasteiger charge is 2.16. The zero-order chi connectivity index (χ0) is 21.0. The molecule has 3 aromatic rings. The van der Waals surface area contributed by atoms with E-state index < -0.39 is 26.4 Å². The number of nitro benzene ring substituents is 1. The topological polar surface area (TPSA) is 151 Å². The predicted molar refractivity (Wildman–Crippen MR) is 106 cm³/mol. The van der Waals surface area contributed by atoms with Gasteiger partial charge >= 0.3 is 0 Å². The largest absolute Gasteiger partial charge is 0.867 e. The van der Waals surface area contributed by atoms with E-state index in [4.69, 9.17) is 0 Å². The molecule has 0 atom stereocenters. The number of rotatable bonds is 7. The van der Waals surface area contributed by atoms with Gasteiger partial charge in [0.25, 0.3) is 15.7 Å². The summed E-state index contributed by atoms with van der Waals surface area (Å²) in [6.45, 7) is 1.89. The average Bonchev–Trinajstić information content (AvgIpc) is 3.14. The van der Waals surface area contributed by atoms with Gasteiger partial charge in [-0.2, -0.15) is 0 Å². The van der Waals surface area contributed by atoms with E-state index in [2.05, 4.69) is 19.9 Å². The Morgan fingerprint density at radius 1 is 1.21 bits per heavy atom. The Balaban J connectivity index is 1.77. The van der Waals surface area contributed by atoms with Crippen LogP contribution in [0.3, 0.4) is 0 Å². The highest BCUT2D eigenvalue weighted by Crippen LogP contribution is 2.26. The van der Waals surface area contributed by atoms with E-state index in [1.807, 2.05) is 6.92 Å². The molecule has 0 radical (unpaired) electrons. The number of aromatic nitrogens is 2. The van der Waals surface area contributed by atoms with Gasteiger partial charge in [-0.3, -0.25) is 19.8 Å². The molecule has 150 valence electrons. The lowest BCUT2D eigenvalue weighted by Crippen LogP contribution is -2.12. The molecule has 0 saturated heterocycles. The van der Waals surface area contributed by atoms with Gasteiger partial charge in [0, 0.05) is 12.3 Å². The second-order valence-electron chi connectivity index (χ2n) is 5.66. The number of nitrogens with zero attached hydrogens (tertiary/aromatic N) is 4. The van der Waals surface area contributed by atoms with Crippen molar-refractivity contribution in [3.05, 3.63) is 63.1 Å². The fourth-order valence-electron chi connectivity index (χ4n) is 2.25. The lowest BCUT2D eigenvalue weighted by Gasteiger charge is -2.09. The molecule has 1 aromatic heterocycles. The van der Waals surface area contributed by atoms with Crippen LogP contribution >= 0.6 is 11.3 Å². The summed E-state index contributed by atoms with van der Waals surface area (Å²) in [4.78, 5) is 14.1. The number of nitrogens with one attached hydrogen (secondary N) is 1. The van der Waals surface area contributed by atoms with Gasteiger partial charge in [0.1, 0.15) is 5.01 Å². The lowest BCUT2D eigenvalue weighted by molar-refractivity contribution is -0.398. The van der Waals surface area contributed by atoms with Crippen LogP contribution in [0.1, 0.15) is 17.5 Å². The molecule has 1 heterocycles. The molecule has 2 aromatic carbocycles. The van der Waals surface area contributed by atoms with E-state index in [0.29, 0.717) is 17.1 Å². The van der Waals surface area contributed by atoms with Crippen LogP contribution in [0.25, 0.3) is 0 Å². The minimum absolute atomic E-state index is 0.00422. The molecule has 0 spiro atoms. The number of hydrogen-bond acceptors (Lipinski definition) is 9. The second kappa shape index (κ2) is 8.32. The third-order valence-electron chi connectivity index (χ3n) is 3.71. The van der Waals surface area contributed by atoms with E-state index in [9.17, 15) is 23.6 Å². The normalized spacial score (nSPS) is 11.6. The van der Waals surface area contributed by atoms with E-state index >= 15 is 0 Å². The maximum absolute atomic E-state index is 12.4. The van der Waals surface area contributed by atoms with Gasteiger partial charge in [-0.25, -0.2) is 8.42 Å². The van der Waals surface area contributed by atoms with E-state index in [1.165, 1.54) is 42.6 Å². The van der Waals surface area contributed by atoms with Gasteiger partial charge in [0.05, 0.1) is 15.5 Å². The molecule has 1 N–H and O–H groups in total. The third kappa shape index (κ3) is 4.73. The summed E-state index contributed by atoms with van der Waals surface area (Å²) in [5.74, 6) is -0.742. The Morgan fingerprint density at radius 2 is 1.93 bits per heavy atom. The van der Waals surface area contributed by atoms with Gasteiger partial charge in [-0.05, 0) is 42.0 Å². The molecule has 10 nitrogen and oxygen atoms in total. The number of hydrogen-bond donors (Lipinski definition) is 1. The van der Waals surface area contributed by atoms with Crippen LogP contribution < -0.4 is 9.83 Å². The summed E-state index contributed by atoms with van der Waals surface area (Å²) >= 11 is 1.15. The van der Waals surface area contributed by atoms with Crippen molar-refractivity contribution < 1.29 is 18.4 Å². The fraction of sp³-hybridized carbons (Fsp3) is 0.118. The highest BCUT2D eigenvalue weighted by molar-refractivity contribution is 7.93. The van der Waals surface area contributed by atoms with Crippen molar-refractivity contribution in [1.82, 2.24) is 10.2 Å². The van der Waals surface area contributed by atoms with Crippen molar-refractivity contribution in [2.24, 2.45) is 4.99 Å². The Bertz CT molecular complexity index is 1170. The molecule has 0 amide bonds. The zero-order valence-corrected chi connectivity index (χ0v) is 16.6. The number of benzene rings is 2. The molecule has 0 unspecified atom stereocenters. The lowest BCUT2D eigenvalue weighted by atomic mass is 10.2. The maximum Gasteiger partial charge on any atom is 0.263 e. The average molecular weight is 432 g/mol. The summed E-state index contributed by atoms with van der Waals surface area (Å²) in [5.41, 5.74) is -0.107. The smallest absolute Gasteiger partial charge is 0.263 e. The zero-order valence-electron chi connectivity index (χ0n) is 15.0. The molecule has 0 aliphatic rings. The first-order valence-corrected chi connectivity index (χ1v) is 10.5. The minimum Gasteiger partial charge on any atom is -0.867 e. The molecular formula is C17H14N5O5S2-. The van der Waals surface area contributed by atoms with E-state index in [1.54, 1.807) is 0 Å². The molecule has 29 heavy (non-hydrogen) atoms.